The number of carbonyl (C=O) groups is 1. The third-order valence-corrected chi connectivity index (χ3v) is 4.71. The summed E-state index contributed by atoms with van der Waals surface area (Å²) in [6.07, 6.45) is 4.82. The summed E-state index contributed by atoms with van der Waals surface area (Å²) in [6, 6.07) is 2.28. The van der Waals surface area contributed by atoms with Crippen LogP contribution < -0.4 is 5.32 Å². The highest BCUT2D eigenvalue weighted by Gasteiger charge is 2.29. The highest BCUT2D eigenvalue weighted by atomic mass is 16.1. The molecule has 0 unspecified atom stereocenters. The summed E-state index contributed by atoms with van der Waals surface area (Å²) in [5.74, 6) is 1.26. The highest BCUT2D eigenvalue weighted by molar-refractivity contribution is 6.06. The molecule has 5 nitrogen and oxygen atoms in total. The van der Waals surface area contributed by atoms with Gasteiger partial charge in [0.1, 0.15) is 0 Å². The van der Waals surface area contributed by atoms with Gasteiger partial charge in [-0.3, -0.25) is 4.79 Å². The quantitative estimate of drug-likeness (QED) is 0.862. The molecular weight excluding hydrogens is 276 g/mol. The Bertz CT molecular complexity index is 726. The van der Waals surface area contributed by atoms with E-state index < -0.39 is 0 Å². The van der Waals surface area contributed by atoms with Crippen molar-refractivity contribution in [3.05, 3.63) is 23.5 Å². The summed E-state index contributed by atoms with van der Waals surface area (Å²) in [7, 11) is 0. The van der Waals surface area contributed by atoms with Gasteiger partial charge in [0.25, 0.3) is 0 Å². The largest absolute Gasteiger partial charge is 0.316 e. The van der Waals surface area contributed by atoms with Gasteiger partial charge < -0.3 is 5.32 Å². The number of nitrogens with zero attached hydrogens (tertiary/aromatic N) is 3. The first-order chi connectivity index (χ1) is 10.6. The van der Waals surface area contributed by atoms with Crippen LogP contribution in [-0.4, -0.2) is 33.6 Å². The van der Waals surface area contributed by atoms with Gasteiger partial charge in [0.05, 0.1) is 6.20 Å². The molecule has 5 heteroatoms. The Balaban J connectivity index is 1.79. The van der Waals surface area contributed by atoms with Crippen LogP contribution in [0.5, 0.6) is 0 Å². The molecule has 1 aliphatic carbocycles. The minimum absolute atomic E-state index is 0.240. The maximum atomic E-state index is 12.7. The molecule has 1 saturated carbocycles. The van der Waals surface area contributed by atoms with E-state index >= 15 is 0 Å². The third-order valence-electron chi connectivity index (χ3n) is 4.71. The zero-order valence-electron chi connectivity index (χ0n) is 13.2. The van der Waals surface area contributed by atoms with Crippen LogP contribution in [0, 0.1) is 5.92 Å². The van der Waals surface area contributed by atoms with Crippen molar-refractivity contribution in [3.63, 3.8) is 0 Å². The Morgan fingerprint density at radius 1 is 1.41 bits per heavy atom. The lowest BCUT2D eigenvalue weighted by molar-refractivity contribution is 0.0947. The molecule has 2 aromatic heterocycles. The van der Waals surface area contributed by atoms with E-state index in [4.69, 9.17) is 4.98 Å². The molecule has 1 aliphatic heterocycles. The number of Topliss-reactive ketones (excluding diaryl/α,β-unsaturated/α-hetero) is 1. The summed E-state index contributed by atoms with van der Waals surface area (Å²) < 4.78 is 1.93. The fourth-order valence-corrected chi connectivity index (χ4v) is 3.10. The maximum absolute atomic E-state index is 12.7. The van der Waals surface area contributed by atoms with Crippen molar-refractivity contribution in [2.45, 2.75) is 45.1 Å². The number of carbonyl (C=O) groups excluding carboxylic acids is 1. The smallest absolute Gasteiger partial charge is 0.164 e. The summed E-state index contributed by atoms with van der Waals surface area (Å²) in [6.45, 7) is 6.11. The molecule has 2 aromatic rings. The Hall–Kier alpha value is -1.75. The summed E-state index contributed by atoms with van der Waals surface area (Å²) in [4.78, 5) is 17.6. The molecule has 0 amide bonds. The number of rotatable bonds is 5. The summed E-state index contributed by atoms with van der Waals surface area (Å²) in [5.41, 5.74) is 2.77. The third kappa shape index (κ3) is 2.33. The van der Waals surface area contributed by atoms with Crippen LogP contribution in [-0.2, 0) is 0 Å². The molecule has 2 fully saturated rings. The molecule has 116 valence electrons. The summed E-state index contributed by atoms with van der Waals surface area (Å²) in [5, 5.41) is 8.61. The lowest BCUT2D eigenvalue weighted by Gasteiger charge is -2.26. The number of aromatic nitrogens is 3. The van der Waals surface area contributed by atoms with E-state index in [-0.39, 0.29) is 11.8 Å². The Kier molecular flexibility index (Phi) is 3.26. The highest BCUT2D eigenvalue weighted by Crippen LogP contribution is 2.40. The van der Waals surface area contributed by atoms with E-state index in [1.165, 1.54) is 12.8 Å². The molecule has 0 aromatic carbocycles. The Labute approximate surface area is 130 Å². The lowest BCUT2D eigenvalue weighted by atomic mass is 9.92. The molecular formula is C17H22N4O. The molecule has 0 radical (unpaired) electrons. The first-order valence-electron chi connectivity index (χ1n) is 8.25. The number of pyridine rings is 1. The first-order valence-corrected chi connectivity index (χ1v) is 8.25. The average molecular weight is 298 g/mol. The van der Waals surface area contributed by atoms with Gasteiger partial charge in [0.15, 0.2) is 11.4 Å². The molecule has 0 bridgehead atoms. The second-order valence-electron chi connectivity index (χ2n) is 6.94. The van der Waals surface area contributed by atoms with Crippen molar-refractivity contribution in [3.8, 4) is 0 Å². The van der Waals surface area contributed by atoms with Gasteiger partial charge in [-0.05, 0) is 51.8 Å². The molecule has 2 aliphatic rings. The van der Waals surface area contributed by atoms with Gasteiger partial charge in [-0.1, -0.05) is 0 Å². The molecule has 22 heavy (non-hydrogen) atoms. The van der Waals surface area contributed by atoms with E-state index in [1.54, 1.807) is 0 Å². The molecule has 4 rings (SSSR count). The summed E-state index contributed by atoms with van der Waals surface area (Å²) >= 11 is 0. The van der Waals surface area contributed by atoms with Gasteiger partial charge in [-0.15, -0.1) is 0 Å². The van der Waals surface area contributed by atoms with Crippen molar-refractivity contribution in [2.24, 2.45) is 5.92 Å². The molecule has 0 atom stereocenters. The number of nitrogens with one attached hydrogen (secondary N) is 1. The van der Waals surface area contributed by atoms with Crippen LogP contribution in [0.4, 0.5) is 0 Å². The minimum Gasteiger partial charge on any atom is -0.316 e. The van der Waals surface area contributed by atoms with Crippen molar-refractivity contribution in [2.75, 3.05) is 13.1 Å². The number of fused-ring (bicyclic) bond motifs is 1. The van der Waals surface area contributed by atoms with Crippen LogP contribution in [0.25, 0.3) is 11.0 Å². The van der Waals surface area contributed by atoms with E-state index in [9.17, 15) is 4.79 Å². The second kappa shape index (κ2) is 5.16. The first kappa shape index (κ1) is 13.9. The Morgan fingerprint density at radius 3 is 2.77 bits per heavy atom. The van der Waals surface area contributed by atoms with E-state index in [1.807, 2.05) is 16.9 Å². The van der Waals surface area contributed by atoms with Crippen molar-refractivity contribution >= 4 is 16.8 Å². The number of hydrogen-bond donors (Lipinski definition) is 1. The maximum Gasteiger partial charge on any atom is 0.164 e. The number of hydrogen-bond acceptors (Lipinski definition) is 4. The molecule has 1 saturated heterocycles. The van der Waals surface area contributed by atoms with Gasteiger partial charge in [-0.25, -0.2) is 9.67 Å². The topological polar surface area (TPSA) is 59.8 Å². The predicted molar refractivity (Wildman–Crippen MR) is 85.2 cm³/mol. The van der Waals surface area contributed by atoms with Crippen molar-refractivity contribution < 1.29 is 4.79 Å². The minimum atomic E-state index is 0.240. The normalized spacial score (nSPS) is 18.9. The van der Waals surface area contributed by atoms with Gasteiger partial charge in [0.2, 0.25) is 0 Å². The van der Waals surface area contributed by atoms with Crippen LogP contribution in [0.1, 0.15) is 61.1 Å². The second-order valence-corrected chi connectivity index (χ2v) is 6.94. The molecule has 3 heterocycles. The zero-order valence-corrected chi connectivity index (χ0v) is 13.2. The Morgan fingerprint density at radius 2 is 2.18 bits per heavy atom. The predicted octanol–water partition coefficient (Wildman–Crippen LogP) is 2.68. The fraction of sp³-hybridized carbons (Fsp3) is 0.588. The SMILES string of the molecule is CC(C)n1ncc2c(C(=O)CC3CNC3)cc(C3CC3)nc21. The number of ketones is 1. The van der Waals surface area contributed by atoms with E-state index in [0.717, 1.165) is 35.4 Å². The average Bonchev–Trinajstić information content (AvgIpc) is 3.20. The van der Waals surface area contributed by atoms with Gasteiger partial charge in [-0.2, -0.15) is 5.10 Å². The van der Waals surface area contributed by atoms with E-state index in [0.29, 0.717) is 18.3 Å². The molecule has 1 N–H and O–H groups in total. The van der Waals surface area contributed by atoms with Crippen molar-refractivity contribution in [1.82, 2.24) is 20.1 Å². The monoisotopic (exact) mass is 298 g/mol. The van der Waals surface area contributed by atoms with Crippen LogP contribution in [0.3, 0.4) is 0 Å². The van der Waals surface area contributed by atoms with Crippen LogP contribution in [0.15, 0.2) is 12.3 Å². The molecule has 0 spiro atoms. The van der Waals surface area contributed by atoms with Gasteiger partial charge in [0, 0.05) is 35.0 Å². The van der Waals surface area contributed by atoms with Crippen LogP contribution in [0.2, 0.25) is 0 Å². The lowest BCUT2D eigenvalue weighted by Crippen LogP contribution is -2.42. The van der Waals surface area contributed by atoms with Crippen LogP contribution >= 0.6 is 0 Å². The standard InChI is InChI=1S/C17H22N4O/c1-10(2)21-17-14(9-19-21)13(6-15(20-17)12-3-4-12)16(22)5-11-7-18-8-11/h6,9-12,18H,3-5,7-8H2,1-2H3. The zero-order chi connectivity index (χ0) is 15.3. The van der Waals surface area contributed by atoms with Gasteiger partial charge >= 0.3 is 0 Å². The fourth-order valence-electron chi connectivity index (χ4n) is 3.10. The van der Waals surface area contributed by atoms with Crippen molar-refractivity contribution in [1.29, 1.82) is 0 Å². The van der Waals surface area contributed by atoms with E-state index in [2.05, 4.69) is 24.3 Å².